The molecule has 3 atom stereocenters. The van der Waals surface area contributed by atoms with Gasteiger partial charge in [-0.15, -0.1) is 0 Å². The number of fused-ring (bicyclic) bond motifs is 1. The SMILES string of the molecule is CCCC(C(=O)NC=O)C1=NN(C)C2C(C(C)C)=CC=CC12. The lowest BCUT2D eigenvalue weighted by Gasteiger charge is -2.31. The number of nitrogens with one attached hydrogen (secondary N) is 1. The molecule has 1 N–H and O–H groups in total. The van der Waals surface area contributed by atoms with Gasteiger partial charge >= 0.3 is 0 Å². The maximum absolute atomic E-state index is 12.2. The Hall–Kier alpha value is -1.91. The van der Waals surface area contributed by atoms with Crippen LogP contribution >= 0.6 is 0 Å². The van der Waals surface area contributed by atoms with E-state index in [0.29, 0.717) is 18.7 Å². The molecule has 0 aromatic carbocycles. The number of imide groups is 1. The highest BCUT2D eigenvalue weighted by Crippen LogP contribution is 2.37. The first-order valence-corrected chi connectivity index (χ1v) is 7.94. The fraction of sp³-hybridized carbons (Fsp3) is 0.588. The van der Waals surface area contributed by atoms with Crippen molar-refractivity contribution in [2.24, 2.45) is 22.9 Å². The summed E-state index contributed by atoms with van der Waals surface area (Å²) in [6.07, 6.45) is 8.36. The van der Waals surface area contributed by atoms with Crippen molar-refractivity contribution in [1.82, 2.24) is 10.3 Å². The average molecular weight is 303 g/mol. The molecule has 1 heterocycles. The molecule has 120 valence electrons. The van der Waals surface area contributed by atoms with Gasteiger partial charge in [-0.3, -0.25) is 19.9 Å². The number of carbonyl (C=O) groups is 2. The molecule has 5 nitrogen and oxygen atoms in total. The lowest BCUT2D eigenvalue weighted by atomic mass is 9.77. The van der Waals surface area contributed by atoms with Gasteiger partial charge < -0.3 is 0 Å². The van der Waals surface area contributed by atoms with Crippen LogP contribution in [0.15, 0.2) is 28.9 Å². The zero-order valence-corrected chi connectivity index (χ0v) is 13.7. The molecule has 0 radical (unpaired) electrons. The van der Waals surface area contributed by atoms with Crippen LogP contribution < -0.4 is 5.32 Å². The third-order valence-electron chi connectivity index (χ3n) is 4.42. The van der Waals surface area contributed by atoms with Gasteiger partial charge in [0.1, 0.15) is 0 Å². The second kappa shape index (κ2) is 6.90. The molecule has 0 fully saturated rings. The van der Waals surface area contributed by atoms with Crippen molar-refractivity contribution in [3.8, 4) is 0 Å². The molecule has 5 heteroatoms. The van der Waals surface area contributed by atoms with Crippen molar-refractivity contribution in [2.45, 2.75) is 39.7 Å². The van der Waals surface area contributed by atoms with E-state index in [2.05, 4.69) is 42.5 Å². The molecule has 22 heavy (non-hydrogen) atoms. The van der Waals surface area contributed by atoms with E-state index in [-0.39, 0.29) is 23.8 Å². The van der Waals surface area contributed by atoms with Crippen molar-refractivity contribution in [1.29, 1.82) is 0 Å². The number of likely N-dealkylation sites (N-methyl/N-ethyl adjacent to an activating group) is 1. The molecular weight excluding hydrogens is 278 g/mol. The van der Waals surface area contributed by atoms with Crippen LogP contribution in [0.3, 0.4) is 0 Å². The minimum absolute atomic E-state index is 0.112. The maximum Gasteiger partial charge on any atom is 0.235 e. The van der Waals surface area contributed by atoms with E-state index in [1.54, 1.807) is 0 Å². The number of amides is 2. The smallest absolute Gasteiger partial charge is 0.235 e. The Morgan fingerprint density at radius 1 is 1.50 bits per heavy atom. The highest BCUT2D eigenvalue weighted by atomic mass is 16.2. The van der Waals surface area contributed by atoms with Gasteiger partial charge in [0, 0.05) is 13.0 Å². The second-order valence-corrected chi connectivity index (χ2v) is 6.24. The van der Waals surface area contributed by atoms with Crippen LogP contribution in [-0.2, 0) is 9.59 Å². The standard InChI is InChI=1S/C17H25N3O2/c1-5-7-14(17(22)18-10-21)15-13-9-6-8-12(11(2)3)16(13)20(4)19-15/h6,8-11,13-14,16H,5,7H2,1-4H3,(H,18,21,22). The minimum Gasteiger partial charge on any atom is -0.299 e. The molecular formula is C17H25N3O2. The Labute approximate surface area is 132 Å². The molecule has 2 amide bonds. The fourth-order valence-corrected chi connectivity index (χ4v) is 3.41. The molecule has 0 saturated carbocycles. The summed E-state index contributed by atoms with van der Waals surface area (Å²) in [4.78, 5) is 22.9. The van der Waals surface area contributed by atoms with Gasteiger partial charge in [-0.25, -0.2) is 0 Å². The zero-order valence-electron chi connectivity index (χ0n) is 13.7. The molecule has 0 saturated heterocycles. The monoisotopic (exact) mass is 303 g/mol. The molecule has 3 unspecified atom stereocenters. The summed E-state index contributed by atoms with van der Waals surface area (Å²) >= 11 is 0. The first-order chi connectivity index (χ1) is 10.5. The first-order valence-electron chi connectivity index (χ1n) is 7.94. The number of carbonyl (C=O) groups excluding carboxylic acids is 2. The third-order valence-corrected chi connectivity index (χ3v) is 4.42. The summed E-state index contributed by atoms with van der Waals surface area (Å²) in [6.45, 7) is 6.39. The van der Waals surface area contributed by atoms with Crippen LogP contribution in [0.2, 0.25) is 0 Å². The molecule has 2 rings (SSSR count). The number of hydrogen-bond donors (Lipinski definition) is 1. The predicted octanol–water partition coefficient (Wildman–Crippen LogP) is 2.11. The zero-order chi connectivity index (χ0) is 16.3. The maximum atomic E-state index is 12.2. The molecule has 1 aliphatic carbocycles. The van der Waals surface area contributed by atoms with Crippen LogP contribution in [0.5, 0.6) is 0 Å². The number of hydrogen-bond acceptors (Lipinski definition) is 4. The van der Waals surface area contributed by atoms with Gasteiger partial charge in [-0.05, 0) is 17.9 Å². The number of allylic oxidation sites excluding steroid dienone is 2. The summed E-state index contributed by atoms with van der Waals surface area (Å²) in [5, 5.41) is 8.93. The quantitative estimate of drug-likeness (QED) is 0.765. The Morgan fingerprint density at radius 2 is 2.23 bits per heavy atom. The number of hydrazone groups is 1. The number of rotatable bonds is 6. The second-order valence-electron chi connectivity index (χ2n) is 6.24. The van der Waals surface area contributed by atoms with Crippen molar-refractivity contribution < 1.29 is 9.59 Å². The molecule has 1 aliphatic heterocycles. The molecule has 0 spiro atoms. The summed E-state index contributed by atoms with van der Waals surface area (Å²) in [5.74, 6) is -0.0493. The van der Waals surface area contributed by atoms with Crippen molar-refractivity contribution >= 4 is 18.0 Å². The number of nitrogens with zero attached hydrogens (tertiary/aromatic N) is 2. The van der Waals surface area contributed by atoms with E-state index in [0.717, 1.165) is 12.1 Å². The Kier molecular flexibility index (Phi) is 5.16. The Balaban J connectivity index is 2.30. The lowest BCUT2D eigenvalue weighted by Crippen LogP contribution is -2.40. The third kappa shape index (κ3) is 2.98. The van der Waals surface area contributed by atoms with Gasteiger partial charge in [-0.1, -0.05) is 45.4 Å². The van der Waals surface area contributed by atoms with Gasteiger partial charge in [-0.2, -0.15) is 5.10 Å². The fourth-order valence-electron chi connectivity index (χ4n) is 3.41. The van der Waals surface area contributed by atoms with Gasteiger partial charge in [0.15, 0.2) is 0 Å². The summed E-state index contributed by atoms with van der Waals surface area (Å²) in [7, 11) is 1.96. The van der Waals surface area contributed by atoms with E-state index >= 15 is 0 Å². The van der Waals surface area contributed by atoms with Crippen LogP contribution in [0, 0.1) is 17.8 Å². The van der Waals surface area contributed by atoms with E-state index < -0.39 is 0 Å². The average Bonchev–Trinajstić information content (AvgIpc) is 2.82. The van der Waals surface area contributed by atoms with Gasteiger partial charge in [0.25, 0.3) is 0 Å². The van der Waals surface area contributed by atoms with Crippen LogP contribution in [0.4, 0.5) is 0 Å². The molecule has 2 aliphatic rings. The summed E-state index contributed by atoms with van der Waals surface area (Å²) in [6, 6.07) is 0.184. The largest absolute Gasteiger partial charge is 0.299 e. The lowest BCUT2D eigenvalue weighted by molar-refractivity contribution is -0.127. The highest BCUT2D eigenvalue weighted by Gasteiger charge is 2.42. The predicted molar refractivity (Wildman–Crippen MR) is 87.1 cm³/mol. The van der Waals surface area contributed by atoms with E-state index in [1.807, 2.05) is 19.0 Å². The Morgan fingerprint density at radius 3 is 2.82 bits per heavy atom. The highest BCUT2D eigenvalue weighted by molar-refractivity contribution is 6.09. The first kappa shape index (κ1) is 16.5. The summed E-state index contributed by atoms with van der Waals surface area (Å²) in [5.41, 5.74) is 2.20. The molecule has 0 aromatic heterocycles. The Bertz CT molecular complexity index is 534. The molecule has 0 bridgehead atoms. The van der Waals surface area contributed by atoms with E-state index in [9.17, 15) is 9.59 Å². The topological polar surface area (TPSA) is 61.8 Å². The van der Waals surface area contributed by atoms with Crippen LogP contribution in [0.25, 0.3) is 0 Å². The van der Waals surface area contributed by atoms with Crippen molar-refractivity contribution in [3.05, 3.63) is 23.8 Å². The van der Waals surface area contributed by atoms with Crippen LogP contribution in [-0.4, -0.2) is 36.1 Å². The summed E-state index contributed by atoms with van der Waals surface area (Å²) < 4.78 is 0. The van der Waals surface area contributed by atoms with Crippen molar-refractivity contribution in [3.63, 3.8) is 0 Å². The van der Waals surface area contributed by atoms with Gasteiger partial charge in [0.2, 0.25) is 12.3 Å². The van der Waals surface area contributed by atoms with Crippen LogP contribution in [0.1, 0.15) is 33.6 Å². The normalized spacial score (nSPS) is 24.7. The van der Waals surface area contributed by atoms with E-state index in [1.165, 1.54) is 5.57 Å². The van der Waals surface area contributed by atoms with Crippen molar-refractivity contribution in [2.75, 3.05) is 7.05 Å². The van der Waals surface area contributed by atoms with E-state index in [4.69, 9.17) is 0 Å². The molecule has 0 aromatic rings. The van der Waals surface area contributed by atoms with Gasteiger partial charge in [0.05, 0.1) is 17.7 Å². The minimum atomic E-state index is -0.344.